The van der Waals surface area contributed by atoms with E-state index in [1.807, 2.05) is 6.92 Å². The molecular formula is C15H16N4O3S. The molecule has 8 heteroatoms. The van der Waals surface area contributed by atoms with Gasteiger partial charge in [0, 0.05) is 19.5 Å². The number of benzene rings is 1. The van der Waals surface area contributed by atoms with Crippen LogP contribution in [-0.2, 0) is 16.1 Å². The van der Waals surface area contributed by atoms with Crippen molar-refractivity contribution in [2.45, 2.75) is 19.9 Å². The van der Waals surface area contributed by atoms with E-state index in [1.54, 1.807) is 24.3 Å². The Kier molecular flexibility index (Phi) is 4.24. The van der Waals surface area contributed by atoms with Crippen molar-refractivity contribution in [3.63, 3.8) is 0 Å². The van der Waals surface area contributed by atoms with Gasteiger partial charge in [-0.1, -0.05) is 23.5 Å². The molecule has 1 aliphatic heterocycles. The smallest absolute Gasteiger partial charge is 0.229 e. The molecule has 0 aliphatic carbocycles. The first-order valence-corrected chi connectivity index (χ1v) is 8.00. The van der Waals surface area contributed by atoms with E-state index in [2.05, 4.69) is 15.5 Å². The average molecular weight is 332 g/mol. The van der Waals surface area contributed by atoms with Gasteiger partial charge in [0.1, 0.15) is 10.8 Å². The van der Waals surface area contributed by atoms with Crippen molar-refractivity contribution in [1.29, 1.82) is 0 Å². The summed E-state index contributed by atoms with van der Waals surface area (Å²) in [5.74, 6) is -0.464. The number of nitrogens with zero attached hydrogens (tertiary/aromatic N) is 3. The molecule has 2 amide bonds. The molecule has 0 saturated carbocycles. The molecule has 2 heterocycles. The topological polar surface area (TPSA) is 95.4 Å². The van der Waals surface area contributed by atoms with E-state index in [1.165, 1.54) is 16.2 Å². The minimum absolute atomic E-state index is 0.106. The molecule has 3 rings (SSSR count). The zero-order valence-corrected chi connectivity index (χ0v) is 13.3. The Labute approximate surface area is 137 Å². The lowest BCUT2D eigenvalue weighted by Gasteiger charge is -2.12. The molecule has 1 fully saturated rings. The van der Waals surface area contributed by atoms with Crippen molar-refractivity contribution in [3.05, 3.63) is 34.8 Å². The molecule has 7 nitrogen and oxygen atoms in total. The van der Waals surface area contributed by atoms with Gasteiger partial charge in [-0.3, -0.25) is 14.5 Å². The maximum atomic E-state index is 12.2. The highest BCUT2D eigenvalue weighted by Gasteiger charge is 2.36. The maximum absolute atomic E-state index is 12.2. The van der Waals surface area contributed by atoms with Gasteiger partial charge >= 0.3 is 0 Å². The van der Waals surface area contributed by atoms with E-state index in [0.717, 1.165) is 10.6 Å². The molecular weight excluding hydrogens is 316 g/mol. The fraction of sp³-hybridized carbons (Fsp3) is 0.333. The average Bonchev–Trinajstić information content (AvgIpc) is 3.12. The number of aromatic hydroxyl groups is 1. The fourth-order valence-corrected chi connectivity index (χ4v) is 3.12. The molecule has 0 spiro atoms. The molecule has 1 saturated heterocycles. The minimum Gasteiger partial charge on any atom is -0.508 e. The van der Waals surface area contributed by atoms with Crippen molar-refractivity contribution in [3.8, 4) is 5.75 Å². The van der Waals surface area contributed by atoms with Gasteiger partial charge in [0.2, 0.25) is 16.9 Å². The highest BCUT2D eigenvalue weighted by molar-refractivity contribution is 7.15. The number of carbonyl (C=O) groups is 2. The molecule has 2 N–H and O–H groups in total. The Morgan fingerprint density at radius 2 is 2.13 bits per heavy atom. The van der Waals surface area contributed by atoms with Crippen LogP contribution >= 0.6 is 11.3 Å². The van der Waals surface area contributed by atoms with Gasteiger partial charge in [-0.2, -0.15) is 0 Å². The summed E-state index contributed by atoms with van der Waals surface area (Å²) in [6.45, 7) is 2.51. The SMILES string of the molecule is Cc1nnc(N2CC(C(=O)NCc3ccc(O)cc3)CC2=O)s1. The van der Waals surface area contributed by atoms with E-state index in [4.69, 9.17) is 0 Å². The number of nitrogens with one attached hydrogen (secondary N) is 1. The molecule has 1 atom stereocenters. The fourth-order valence-electron chi connectivity index (χ4n) is 2.41. The zero-order chi connectivity index (χ0) is 16.4. The Morgan fingerprint density at radius 1 is 1.39 bits per heavy atom. The number of aromatic nitrogens is 2. The number of phenols is 1. The van der Waals surface area contributed by atoms with Gasteiger partial charge in [-0.15, -0.1) is 10.2 Å². The van der Waals surface area contributed by atoms with Crippen molar-refractivity contribution in [2.24, 2.45) is 5.92 Å². The molecule has 1 aromatic carbocycles. The molecule has 2 aromatic rings. The van der Waals surface area contributed by atoms with Crippen molar-refractivity contribution >= 4 is 28.3 Å². The first-order chi connectivity index (χ1) is 11.0. The summed E-state index contributed by atoms with van der Waals surface area (Å²) in [6, 6.07) is 6.62. The van der Waals surface area contributed by atoms with Gasteiger partial charge in [0.25, 0.3) is 0 Å². The van der Waals surface area contributed by atoms with Crippen molar-refractivity contribution in [2.75, 3.05) is 11.4 Å². The number of anilines is 1. The second-order valence-corrected chi connectivity index (χ2v) is 6.55. The maximum Gasteiger partial charge on any atom is 0.229 e. The number of hydrogen-bond donors (Lipinski definition) is 2. The zero-order valence-electron chi connectivity index (χ0n) is 12.5. The lowest BCUT2D eigenvalue weighted by atomic mass is 10.1. The van der Waals surface area contributed by atoms with Gasteiger partial charge < -0.3 is 10.4 Å². The Balaban J connectivity index is 1.58. The molecule has 1 unspecified atom stereocenters. The Bertz CT molecular complexity index is 729. The predicted molar refractivity (Wildman–Crippen MR) is 85.1 cm³/mol. The molecule has 120 valence electrons. The van der Waals surface area contributed by atoms with Crippen LogP contribution in [0.5, 0.6) is 5.75 Å². The Hall–Kier alpha value is -2.48. The molecule has 0 bridgehead atoms. The van der Waals surface area contributed by atoms with Crippen LogP contribution in [-0.4, -0.2) is 33.7 Å². The van der Waals surface area contributed by atoms with Crippen LogP contribution in [0.1, 0.15) is 17.0 Å². The summed E-state index contributed by atoms with van der Waals surface area (Å²) >= 11 is 1.34. The summed E-state index contributed by atoms with van der Waals surface area (Å²) in [5, 5.41) is 21.3. The van der Waals surface area contributed by atoms with E-state index >= 15 is 0 Å². The highest BCUT2D eigenvalue weighted by Crippen LogP contribution is 2.27. The second-order valence-electron chi connectivity index (χ2n) is 5.39. The summed E-state index contributed by atoms with van der Waals surface area (Å²) in [6.07, 6.45) is 0.181. The number of phenolic OH excluding ortho intramolecular Hbond substituents is 1. The third kappa shape index (κ3) is 3.48. The number of hydrogen-bond acceptors (Lipinski definition) is 6. The third-order valence-electron chi connectivity index (χ3n) is 3.65. The van der Waals surface area contributed by atoms with Crippen LogP contribution in [0, 0.1) is 12.8 Å². The molecule has 0 radical (unpaired) electrons. The van der Waals surface area contributed by atoms with Crippen LogP contribution in [0.2, 0.25) is 0 Å². The van der Waals surface area contributed by atoms with E-state index < -0.39 is 0 Å². The Morgan fingerprint density at radius 3 is 2.78 bits per heavy atom. The van der Waals surface area contributed by atoms with Crippen LogP contribution in [0.15, 0.2) is 24.3 Å². The quantitative estimate of drug-likeness (QED) is 0.878. The van der Waals surface area contributed by atoms with Gasteiger partial charge in [0.05, 0.1) is 5.92 Å². The van der Waals surface area contributed by atoms with Crippen LogP contribution in [0.3, 0.4) is 0 Å². The number of carbonyl (C=O) groups excluding carboxylic acids is 2. The normalized spacial score (nSPS) is 17.5. The first kappa shape index (κ1) is 15.4. The van der Waals surface area contributed by atoms with Crippen molar-refractivity contribution in [1.82, 2.24) is 15.5 Å². The number of aryl methyl sites for hydroxylation is 1. The summed E-state index contributed by atoms with van der Waals surface area (Å²) in [7, 11) is 0. The predicted octanol–water partition coefficient (Wildman–Crippen LogP) is 1.22. The van der Waals surface area contributed by atoms with Gasteiger partial charge in [-0.25, -0.2) is 0 Å². The van der Waals surface area contributed by atoms with E-state index in [0.29, 0.717) is 18.2 Å². The third-order valence-corrected chi connectivity index (χ3v) is 4.51. The minimum atomic E-state index is -0.385. The molecule has 23 heavy (non-hydrogen) atoms. The monoisotopic (exact) mass is 332 g/mol. The largest absolute Gasteiger partial charge is 0.508 e. The van der Waals surface area contributed by atoms with Gasteiger partial charge in [-0.05, 0) is 24.6 Å². The summed E-state index contributed by atoms with van der Waals surface area (Å²) in [5.41, 5.74) is 0.886. The molecule has 1 aromatic heterocycles. The summed E-state index contributed by atoms with van der Waals surface area (Å²) < 4.78 is 0. The van der Waals surface area contributed by atoms with Gasteiger partial charge in [0.15, 0.2) is 0 Å². The standard InChI is InChI=1S/C15H16N4O3S/c1-9-17-18-15(23-9)19-8-11(6-13(19)21)14(22)16-7-10-2-4-12(20)5-3-10/h2-5,11,20H,6-8H2,1H3,(H,16,22). The van der Waals surface area contributed by atoms with Crippen LogP contribution < -0.4 is 10.2 Å². The summed E-state index contributed by atoms with van der Waals surface area (Å²) in [4.78, 5) is 25.8. The number of rotatable bonds is 4. The highest BCUT2D eigenvalue weighted by atomic mass is 32.1. The molecule has 1 aliphatic rings. The van der Waals surface area contributed by atoms with Crippen LogP contribution in [0.4, 0.5) is 5.13 Å². The lowest BCUT2D eigenvalue weighted by Crippen LogP contribution is -2.32. The number of amides is 2. The van der Waals surface area contributed by atoms with E-state index in [9.17, 15) is 14.7 Å². The van der Waals surface area contributed by atoms with Crippen LogP contribution in [0.25, 0.3) is 0 Å². The second kappa shape index (κ2) is 6.33. The first-order valence-electron chi connectivity index (χ1n) is 7.19. The van der Waals surface area contributed by atoms with E-state index in [-0.39, 0.29) is 29.9 Å². The van der Waals surface area contributed by atoms with Crippen molar-refractivity contribution < 1.29 is 14.7 Å². The lowest BCUT2D eigenvalue weighted by molar-refractivity contribution is -0.126.